The number of rotatable bonds is 7. The highest BCUT2D eigenvalue weighted by Crippen LogP contribution is 2.19. The molecular weight excluding hydrogens is 294 g/mol. The number of carbonyl (C=O) groups is 1. The molecule has 0 radical (unpaired) electrons. The summed E-state index contributed by atoms with van der Waals surface area (Å²) in [6.45, 7) is 10.8. The second kappa shape index (κ2) is 7.39. The fraction of sp³-hybridized carbons (Fsp3) is 0.625. The Kier molecular flexibility index (Phi) is 5.52. The number of nitrogens with zero attached hydrogens (tertiary/aromatic N) is 5. The minimum Gasteiger partial charge on any atom is -0.423 e. The molecule has 0 unspecified atom stereocenters. The first-order valence-corrected chi connectivity index (χ1v) is 8.10. The lowest BCUT2D eigenvalue weighted by atomic mass is 10.2. The zero-order valence-electron chi connectivity index (χ0n) is 14.5. The number of likely N-dealkylation sites (N-methyl/N-ethyl adjacent to an activating group) is 1. The fourth-order valence-electron chi connectivity index (χ4n) is 2.49. The normalized spacial score (nSPS) is 12.6. The molecule has 0 spiro atoms. The Morgan fingerprint density at radius 3 is 2.52 bits per heavy atom. The van der Waals surface area contributed by atoms with Gasteiger partial charge in [0.15, 0.2) is 0 Å². The van der Waals surface area contributed by atoms with Gasteiger partial charge in [0.2, 0.25) is 17.7 Å². The first kappa shape index (κ1) is 17.2. The molecule has 2 aromatic heterocycles. The molecule has 0 N–H and O–H groups in total. The molecule has 0 saturated carbocycles. The SMILES string of the molecule is CCc1nnc(CN(CC)C(=O)[C@H](C)n2ccnc2C(C)C)o1. The number of aromatic nitrogens is 4. The Labute approximate surface area is 136 Å². The lowest BCUT2D eigenvalue weighted by molar-refractivity contribution is -0.135. The maximum atomic E-state index is 12.8. The molecule has 2 aromatic rings. The van der Waals surface area contributed by atoms with Crippen LogP contribution in [0.1, 0.15) is 64.2 Å². The van der Waals surface area contributed by atoms with Crippen LogP contribution in [0, 0.1) is 0 Å². The maximum absolute atomic E-state index is 12.8. The highest BCUT2D eigenvalue weighted by molar-refractivity contribution is 5.80. The molecule has 0 aliphatic heterocycles. The maximum Gasteiger partial charge on any atom is 0.245 e. The van der Waals surface area contributed by atoms with Crippen LogP contribution in [0.25, 0.3) is 0 Å². The third kappa shape index (κ3) is 3.78. The number of hydrogen-bond acceptors (Lipinski definition) is 5. The van der Waals surface area contributed by atoms with Gasteiger partial charge in [-0.2, -0.15) is 0 Å². The molecule has 0 saturated heterocycles. The third-order valence-electron chi connectivity index (χ3n) is 3.82. The van der Waals surface area contributed by atoms with Gasteiger partial charge in [-0.25, -0.2) is 4.98 Å². The van der Waals surface area contributed by atoms with Gasteiger partial charge >= 0.3 is 0 Å². The van der Waals surface area contributed by atoms with E-state index in [9.17, 15) is 4.79 Å². The average molecular weight is 319 g/mol. The van der Waals surface area contributed by atoms with Crippen LogP contribution in [-0.2, 0) is 17.8 Å². The van der Waals surface area contributed by atoms with Gasteiger partial charge in [0.05, 0.1) is 6.54 Å². The summed E-state index contributed by atoms with van der Waals surface area (Å²) in [6, 6.07) is -0.316. The van der Waals surface area contributed by atoms with Gasteiger partial charge in [0, 0.05) is 31.3 Å². The Morgan fingerprint density at radius 1 is 1.26 bits per heavy atom. The van der Waals surface area contributed by atoms with Gasteiger partial charge in [-0.15, -0.1) is 10.2 Å². The standard InChI is InChI=1S/C16H25N5O2/c1-6-13-18-19-14(23-13)10-20(7-2)16(22)12(5)21-9-8-17-15(21)11(3)4/h8-9,11-12H,6-7,10H2,1-5H3/t12-/m0/s1. The molecule has 0 fully saturated rings. The van der Waals surface area contributed by atoms with E-state index in [0.29, 0.717) is 31.3 Å². The molecule has 7 heteroatoms. The lowest BCUT2D eigenvalue weighted by Crippen LogP contribution is -2.36. The Bertz CT molecular complexity index is 646. The summed E-state index contributed by atoms with van der Waals surface area (Å²) in [5.74, 6) is 2.25. The summed E-state index contributed by atoms with van der Waals surface area (Å²) < 4.78 is 7.44. The second-order valence-corrected chi connectivity index (χ2v) is 5.82. The summed E-state index contributed by atoms with van der Waals surface area (Å²) in [4.78, 5) is 18.9. The minimum atomic E-state index is -0.316. The highest BCUT2D eigenvalue weighted by atomic mass is 16.4. The van der Waals surface area contributed by atoms with E-state index in [1.54, 1.807) is 11.1 Å². The van der Waals surface area contributed by atoms with Gasteiger partial charge < -0.3 is 13.9 Å². The highest BCUT2D eigenvalue weighted by Gasteiger charge is 2.24. The van der Waals surface area contributed by atoms with Crippen molar-refractivity contribution in [3.8, 4) is 0 Å². The topological polar surface area (TPSA) is 77.1 Å². The summed E-state index contributed by atoms with van der Waals surface area (Å²) in [5, 5.41) is 7.94. The van der Waals surface area contributed by atoms with E-state index in [4.69, 9.17) is 4.42 Å². The van der Waals surface area contributed by atoms with Crippen molar-refractivity contribution in [3.05, 3.63) is 30.0 Å². The van der Waals surface area contributed by atoms with Crippen molar-refractivity contribution in [3.63, 3.8) is 0 Å². The number of hydrogen-bond donors (Lipinski definition) is 0. The molecule has 1 atom stereocenters. The molecule has 7 nitrogen and oxygen atoms in total. The molecule has 0 aliphatic rings. The molecule has 2 heterocycles. The van der Waals surface area contributed by atoms with E-state index in [1.807, 2.05) is 31.5 Å². The van der Waals surface area contributed by atoms with Gasteiger partial charge in [-0.1, -0.05) is 20.8 Å². The molecule has 0 bridgehead atoms. The molecule has 2 rings (SSSR count). The van der Waals surface area contributed by atoms with Crippen molar-refractivity contribution in [2.24, 2.45) is 0 Å². The van der Waals surface area contributed by atoms with Crippen molar-refractivity contribution in [2.45, 2.75) is 59.5 Å². The van der Waals surface area contributed by atoms with E-state index in [0.717, 1.165) is 5.82 Å². The van der Waals surface area contributed by atoms with E-state index in [-0.39, 0.29) is 17.9 Å². The monoisotopic (exact) mass is 319 g/mol. The van der Waals surface area contributed by atoms with Crippen LogP contribution in [0.4, 0.5) is 0 Å². The van der Waals surface area contributed by atoms with Crippen LogP contribution >= 0.6 is 0 Å². The molecule has 0 aromatic carbocycles. The number of imidazole rings is 1. The quantitative estimate of drug-likeness (QED) is 0.784. The van der Waals surface area contributed by atoms with Gasteiger partial charge in [-0.05, 0) is 13.8 Å². The van der Waals surface area contributed by atoms with Crippen molar-refractivity contribution in [2.75, 3.05) is 6.54 Å². The summed E-state index contributed by atoms with van der Waals surface area (Å²) >= 11 is 0. The van der Waals surface area contributed by atoms with E-state index >= 15 is 0 Å². The molecular formula is C16H25N5O2. The van der Waals surface area contributed by atoms with Gasteiger partial charge in [0.25, 0.3) is 0 Å². The Balaban J connectivity index is 2.13. The lowest BCUT2D eigenvalue weighted by Gasteiger charge is -2.25. The van der Waals surface area contributed by atoms with Crippen molar-refractivity contribution in [1.29, 1.82) is 0 Å². The predicted octanol–water partition coefficient (Wildman–Crippen LogP) is 2.56. The summed E-state index contributed by atoms with van der Waals surface area (Å²) in [7, 11) is 0. The van der Waals surface area contributed by atoms with Crippen LogP contribution in [-0.4, -0.2) is 37.1 Å². The Morgan fingerprint density at radius 2 is 1.96 bits per heavy atom. The molecule has 23 heavy (non-hydrogen) atoms. The van der Waals surface area contributed by atoms with E-state index in [1.165, 1.54) is 0 Å². The summed E-state index contributed by atoms with van der Waals surface area (Å²) in [5.41, 5.74) is 0. The van der Waals surface area contributed by atoms with Gasteiger partial charge in [0.1, 0.15) is 11.9 Å². The van der Waals surface area contributed by atoms with Crippen LogP contribution in [0.5, 0.6) is 0 Å². The predicted molar refractivity (Wildman–Crippen MR) is 85.8 cm³/mol. The summed E-state index contributed by atoms with van der Waals surface area (Å²) in [6.07, 6.45) is 4.28. The average Bonchev–Trinajstić information content (AvgIpc) is 3.19. The molecule has 1 amide bonds. The number of carbonyl (C=O) groups excluding carboxylic acids is 1. The fourth-order valence-corrected chi connectivity index (χ4v) is 2.49. The first-order valence-electron chi connectivity index (χ1n) is 8.10. The van der Waals surface area contributed by atoms with Crippen LogP contribution < -0.4 is 0 Å². The molecule has 126 valence electrons. The van der Waals surface area contributed by atoms with Crippen LogP contribution in [0.3, 0.4) is 0 Å². The van der Waals surface area contributed by atoms with Crippen LogP contribution in [0.15, 0.2) is 16.8 Å². The number of aryl methyl sites for hydroxylation is 1. The second-order valence-electron chi connectivity index (χ2n) is 5.82. The smallest absolute Gasteiger partial charge is 0.245 e. The van der Waals surface area contributed by atoms with Crippen molar-refractivity contribution < 1.29 is 9.21 Å². The zero-order chi connectivity index (χ0) is 17.0. The third-order valence-corrected chi connectivity index (χ3v) is 3.82. The first-order chi connectivity index (χ1) is 11.0. The van der Waals surface area contributed by atoms with Crippen molar-refractivity contribution >= 4 is 5.91 Å². The Hall–Kier alpha value is -2.18. The zero-order valence-corrected chi connectivity index (χ0v) is 14.5. The van der Waals surface area contributed by atoms with Gasteiger partial charge in [-0.3, -0.25) is 4.79 Å². The minimum absolute atomic E-state index is 0.0173. The van der Waals surface area contributed by atoms with Crippen molar-refractivity contribution in [1.82, 2.24) is 24.6 Å². The van der Waals surface area contributed by atoms with E-state index in [2.05, 4.69) is 29.0 Å². The number of amides is 1. The molecule has 0 aliphatic carbocycles. The van der Waals surface area contributed by atoms with E-state index < -0.39 is 0 Å². The van der Waals surface area contributed by atoms with Crippen LogP contribution in [0.2, 0.25) is 0 Å². The largest absolute Gasteiger partial charge is 0.423 e.